The molecule has 10 heteroatoms. The molecule has 2 N–H and O–H groups in total. The van der Waals surface area contributed by atoms with Gasteiger partial charge in [0, 0.05) is 37.1 Å². The van der Waals surface area contributed by atoms with Gasteiger partial charge in [-0.25, -0.2) is 8.42 Å². The van der Waals surface area contributed by atoms with Crippen LogP contribution in [0, 0.1) is 0 Å². The van der Waals surface area contributed by atoms with Crippen LogP contribution in [0.3, 0.4) is 0 Å². The molecule has 1 amide bonds. The zero-order valence-electron chi connectivity index (χ0n) is 12.1. The fourth-order valence-corrected chi connectivity index (χ4v) is 3.46. The van der Waals surface area contributed by atoms with Crippen LogP contribution in [-0.4, -0.2) is 68.4 Å². The minimum absolute atomic E-state index is 0.218. The molecule has 122 valence electrons. The van der Waals surface area contributed by atoms with Crippen molar-refractivity contribution in [2.75, 3.05) is 39.0 Å². The highest BCUT2D eigenvalue weighted by Gasteiger charge is 2.26. The Morgan fingerprint density at radius 3 is 2.64 bits per heavy atom. The maximum absolute atomic E-state index is 11.9. The van der Waals surface area contributed by atoms with Gasteiger partial charge >= 0.3 is 0 Å². The van der Waals surface area contributed by atoms with Crippen molar-refractivity contribution in [2.24, 2.45) is 10.9 Å². The minimum atomic E-state index is -3.20. The van der Waals surface area contributed by atoms with E-state index in [1.165, 1.54) is 15.6 Å². The molecule has 1 aliphatic heterocycles. The Hall–Kier alpha value is -1.65. The first kappa shape index (κ1) is 16.7. The molecular formula is C12H18N4O4S2. The lowest BCUT2D eigenvalue weighted by Gasteiger charge is -2.32. The Kier molecular flexibility index (Phi) is 5.37. The molecule has 0 spiro atoms. The molecule has 0 bridgehead atoms. The van der Waals surface area contributed by atoms with Gasteiger partial charge in [-0.1, -0.05) is 5.16 Å². The smallest absolute Gasteiger partial charge is 0.263 e. The summed E-state index contributed by atoms with van der Waals surface area (Å²) in [4.78, 5) is 18.5. The summed E-state index contributed by atoms with van der Waals surface area (Å²) in [5.41, 5.74) is 6.45. The van der Waals surface area contributed by atoms with Crippen molar-refractivity contribution in [2.45, 2.75) is 0 Å². The number of sulfonamides is 1. The number of oxime groups is 1. The van der Waals surface area contributed by atoms with E-state index in [1.807, 2.05) is 10.8 Å². The van der Waals surface area contributed by atoms with Crippen molar-refractivity contribution in [3.8, 4) is 0 Å². The van der Waals surface area contributed by atoms with E-state index in [0.29, 0.717) is 26.2 Å². The number of nitrogens with zero attached hydrogens (tertiary/aromatic N) is 3. The average Bonchev–Trinajstić information content (AvgIpc) is 3.00. The van der Waals surface area contributed by atoms with Crippen molar-refractivity contribution in [1.29, 1.82) is 0 Å². The van der Waals surface area contributed by atoms with Crippen LogP contribution >= 0.6 is 11.3 Å². The van der Waals surface area contributed by atoms with Crippen LogP contribution < -0.4 is 5.73 Å². The van der Waals surface area contributed by atoms with Gasteiger partial charge in [-0.15, -0.1) is 0 Å². The number of hydrogen-bond donors (Lipinski definition) is 1. The summed E-state index contributed by atoms with van der Waals surface area (Å²) in [6, 6.07) is 1.80. The normalized spacial score (nSPS) is 17.5. The number of amides is 1. The van der Waals surface area contributed by atoms with E-state index in [4.69, 9.17) is 10.6 Å². The summed E-state index contributed by atoms with van der Waals surface area (Å²) in [7, 11) is -3.20. The van der Waals surface area contributed by atoms with Crippen molar-refractivity contribution >= 4 is 33.1 Å². The second-order valence-corrected chi connectivity index (χ2v) is 7.57. The van der Waals surface area contributed by atoms with Crippen LogP contribution in [0.5, 0.6) is 0 Å². The fraction of sp³-hybridized carbons (Fsp3) is 0.500. The summed E-state index contributed by atoms with van der Waals surface area (Å²) in [5.74, 6) is -0.0223. The standard InChI is InChI=1S/C12H18N4O4S2/c1-22(18,19)16-5-3-15(4-6-16)11(17)8-20-14-12(13)10-2-7-21-9-10/h2,7,9H,3-6,8H2,1H3,(H2,13,14). The maximum atomic E-state index is 11.9. The predicted octanol–water partition coefficient (Wildman–Crippen LogP) is -0.511. The summed E-state index contributed by atoms with van der Waals surface area (Å²) in [6.45, 7) is 1.07. The van der Waals surface area contributed by atoms with Gasteiger partial charge in [0.05, 0.1) is 6.26 Å². The number of rotatable bonds is 5. The van der Waals surface area contributed by atoms with Gasteiger partial charge in [-0.2, -0.15) is 15.6 Å². The second-order valence-electron chi connectivity index (χ2n) is 4.80. The third kappa shape index (κ3) is 4.42. The monoisotopic (exact) mass is 346 g/mol. The fourth-order valence-electron chi connectivity index (χ4n) is 1.98. The largest absolute Gasteiger partial charge is 0.384 e. The van der Waals surface area contributed by atoms with Gasteiger partial charge in [0.2, 0.25) is 10.0 Å². The molecule has 0 atom stereocenters. The van der Waals surface area contributed by atoms with Gasteiger partial charge in [-0.05, 0) is 11.4 Å². The van der Waals surface area contributed by atoms with Crippen LogP contribution in [0.4, 0.5) is 0 Å². The van der Waals surface area contributed by atoms with E-state index < -0.39 is 10.0 Å². The molecule has 1 aromatic heterocycles. The Balaban J connectivity index is 1.78. The predicted molar refractivity (Wildman–Crippen MR) is 84.0 cm³/mol. The molecule has 2 rings (SSSR count). The zero-order chi connectivity index (χ0) is 16.2. The lowest BCUT2D eigenvalue weighted by molar-refractivity contribution is -0.137. The van der Waals surface area contributed by atoms with Crippen molar-refractivity contribution in [1.82, 2.24) is 9.21 Å². The molecule has 8 nitrogen and oxygen atoms in total. The Morgan fingerprint density at radius 2 is 2.09 bits per heavy atom. The summed E-state index contributed by atoms with van der Waals surface area (Å²) < 4.78 is 24.1. The van der Waals surface area contributed by atoms with Gasteiger partial charge in [-0.3, -0.25) is 4.79 Å². The molecule has 0 unspecified atom stereocenters. The number of amidine groups is 1. The molecule has 1 aliphatic rings. The van der Waals surface area contributed by atoms with E-state index in [0.717, 1.165) is 11.8 Å². The highest BCUT2D eigenvalue weighted by Crippen LogP contribution is 2.07. The van der Waals surface area contributed by atoms with E-state index in [-0.39, 0.29) is 18.3 Å². The topological polar surface area (TPSA) is 105 Å². The lowest BCUT2D eigenvalue weighted by atomic mass is 10.3. The van der Waals surface area contributed by atoms with Crippen molar-refractivity contribution in [3.05, 3.63) is 22.4 Å². The molecule has 1 aromatic rings. The zero-order valence-corrected chi connectivity index (χ0v) is 13.8. The molecular weight excluding hydrogens is 328 g/mol. The highest BCUT2D eigenvalue weighted by atomic mass is 32.2. The molecule has 0 radical (unpaired) electrons. The first-order chi connectivity index (χ1) is 10.4. The number of nitrogens with two attached hydrogens (primary N) is 1. The van der Waals surface area contributed by atoms with Crippen LogP contribution in [0.25, 0.3) is 0 Å². The average molecular weight is 346 g/mol. The van der Waals surface area contributed by atoms with Gasteiger partial charge < -0.3 is 15.5 Å². The van der Waals surface area contributed by atoms with Gasteiger partial charge in [0.1, 0.15) is 0 Å². The van der Waals surface area contributed by atoms with E-state index >= 15 is 0 Å². The maximum Gasteiger partial charge on any atom is 0.263 e. The van der Waals surface area contributed by atoms with Crippen molar-refractivity contribution in [3.63, 3.8) is 0 Å². The number of carbonyl (C=O) groups excluding carboxylic acids is 1. The number of hydrogen-bond acceptors (Lipinski definition) is 6. The second kappa shape index (κ2) is 7.07. The Labute approximate surface area is 133 Å². The lowest BCUT2D eigenvalue weighted by Crippen LogP contribution is -2.51. The number of piperazine rings is 1. The quantitative estimate of drug-likeness (QED) is 0.439. The summed E-state index contributed by atoms with van der Waals surface area (Å²) in [5, 5.41) is 7.40. The van der Waals surface area contributed by atoms with Gasteiger partial charge in [0.25, 0.3) is 5.91 Å². The van der Waals surface area contributed by atoms with E-state index in [2.05, 4.69) is 5.16 Å². The Morgan fingerprint density at radius 1 is 1.41 bits per heavy atom. The molecule has 0 aromatic carbocycles. The van der Waals surface area contributed by atoms with Crippen LogP contribution in [0.1, 0.15) is 5.56 Å². The summed E-state index contributed by atoms with van der Waals surface area (Å²) in [6.07, 6.45) is 1.16. The highest BCUT2D eigenvalue weighted by molar-refractivity contribution is 7.88. The molecule has 1 saturated heterocycles. The first-order valence-corrected chi connectivity index (χ1v) is 9.38. The van der Waals surface area contributed by atoms with Crippen LogP contribution in [0.15, 0.2) is 22.0 Å². The van der Waals surface area contributed by atoms with Crippen LogP contribution in [-0.2, 0) is 19.7 Å². The van der Waals surface area contributed by atoms with Gasteiger partial charge in [0.15, 0.2) is 12.4 Å². The van der Waals surface area contributed by atoms with Crippen LogP contribution in [0.2, 0.25) is 0 Å². The molecule has 0 aliphatic carbocycles. The third-order valence-corrected chi connectivity index (χ3v) is 5.21. The Bertz CT molecular complexity index is 634. The molecule has 0 saturated carbocycles. The van der Waals surface area contributed by atoms with E-state index in [9.17, 15) is 13.2 Å². The SMILES string of the molecule is CS(=O)(=O)N1CCN(C(=O)CO/N=C(/N)c2ccsc2)CC1. The third-order valence-electron chi connectivity index (χ3n) is 3.23. The summed E-state index contributed by atoms with van der Waals surface area (Å²) >= 11 is 1.49. The molecule has 2 heterocycles. The van der Waals surface area contributed by atoms with Crippen molar-refractivity contribution < 1.29 is 18.0 Å². The first-order valence-electron chi connectivity index (χ1n) is 6.59. The molecule has 22 heavy (non-hydrogen) atoms. The minimum Gasteiger partial charge on any atom is -0.384 e. The molecule has 1 fully saturated rings. The van der Waals surface area contributed by atoms with E-state index in [1.54, 1.807) is 11.0 Å². The number of carbonyl (C=O) groups is 1. The number of thiophene rings is 1.